The molecular formula is C26H17NO6. The van der Waals surface area contributed by atoms with Crippen LogP contribution >= 0.6 is 0 Å². The first-order valence-electron chi connectivity index (χ1n) is 10.6. The minimum atomic E-state index is -1.34. The molecule has 0 spiro atoms. The van der Waals surface area contributed by atoms with Gasteiger partial charge in [0.1, 0.15) is 0 Å². The molecule has 2 bridgehead atoms. The highest BCUT2D eigenvalue weighted by Crippen LogP contribution is 2.61. The quantitative estimate of drug-likeness (QED) is 0.605. The number of hydrogen-bond donors (Lipinski definition) is 2. The van der Waals surface area contributed by atoms with Crippen molar-refractivity contribution in [1.29, 1.82) is 0 Å². The summed E-state index contributed by atoms with van der Waals surface area (Å²) in [4.78, 5) is 51.6. The number of rotatable bonds is 3. The van der Waals surface area contributed by atoms with E-state index in [1.54, 1.807) is 0 Å². The summed E-state index contributed by atoms with van der Waals surface area (Å²) in [6.07, 6.45) is 0. The number of carboxylic acid groups (broad SMARTS) is 2. The molecule has 7 nitrogen and oxygen atoms in total. The second-order valence-electron chi connectivity index (χ2n) is 8.66. The van der Waals surface area contributed by atoms with Crippen LogP contribution in [0.25, 0.3) is 0 Å². The minimum Gasteiger partial charge on any atom is -0.478 e. The normalized spacial score (nSPS) is 24.3. The summed E-state index contributed by atoms with van der Waals surface area (Å²) in [6.45, 7) is 0. The van der Waals surface area contributed by atoms with Crippen LogP contribution < -0.4 is 4.90 Å². The number of nitrogens with zero attached hydrogens (tertiary/aromatic N) is 1. The Morgan fingerprint density at radius 1 is 0.636 bits per heavy atom. The summed E-state index contributed by atoms with van der Waals surface area (Å²) < 4.78 is 0. The fourth-order valence-corrected chi connectivity index (χ4v) is 5.92. The molecule has 2 atom stereocenters. The summed E-state index contributed by atoms with van der Waals surface area (Å²) in [5.74, 6) is -5.38. The van der Waals surface area contributed by atoms with E-state index < -0.39 is 35.6 Å². The van der Waals surface area contributed by atoms with Crippen LogP contribution in [0.1, 0.15) is 54.8 Å². The lowest BCUT2D eigenvalue weighted by molar-refractivity contribution is -0.122. The lowest BCUT2D eigenvalue weighted by atomic mass is 9.55. The van der Waals surface area contributed by atoms with Gasteiger partial charge in [0.05, 0.1) is 28.7 Å². The van der Waals surface area contributed by atoms with E-state index in [1.165, 1.54) is 12.1 Å². The Kier molecular flexibility index (Phi) is 3.90. The largest absolute Gasteiger partial charge is 0.478 e. The maximum Gasteiger partial charge on any atom is 0.335 e. The molecule has 2 amide bonds. The average Bonchev–Trinajstić information content (AvgIpc) is 3.09. The summed E-state index contributed by atoms with van der Waals surface area (Å²) in [5, 5.41) is 18.9. The first-order chi connectivity index (χ1) is 15.9. The van der Waals surface area contributed by atoms with Crippen molar-refractivity contribution in [1.82, 2.24) is 0 Å². The molecule has 2 unspecified atom stereocenters. The monoisotopic (exact) mass is 439 g/mol. The van der Waals surface area contributed by atoms with Gasteiger partial charge in [-0.3, -0.25) is 9.59 Å². The van der Waals surface area contributed by atoms with Crippen LogP contribution in [0.3, 0.4) is 0 Å². The molecule has 0 saturated carbocycles. The fourth-order valence-electron chi connectivity index (χ4n) is 5.92. The Morgan fingerprint density at radius 3 is 1.33 bits per heavy atom. The second-order valence-corrected chi connectivity index (χ2v) is 8.66. The third-order valence-corrected chi connectivity index (χ3v) is 7.12. The molecule has 3 aromatic carbocycles. The van der Waals surface area contributed by atoms with Crippen molar-refractivity contribution in [2.75, 3.05) is 4.90 Å². The molecule has 162 valence electrons. The number of hydrogen-bond acceptors (Lipinski definition) is 4. The molecule has 3 aliphatic carbocycles. The molecule has 1 aliphatic heterocycles. The first-order valence-corrected chi connectivity index (χ1v) is 10.6. The lowest BCUT2D eigenvalue weighted by Gasteiger charge is -2.45. The van der Waals surface area contributed by atoms with Crippen LogP contribution in [0, 0.1) is 11.8 Å². The smallest absolute Gasteiger partial charge is 0.335 e. The van der Waals surface area contributed by atoms with Crippen LogP contribution in [-0.2, 0) is 9.59 Å². The van der Waals surface area contributed by atoms with Crippen LogP contribution in [0.15, 0.2) is 66.7 Å². The van der Waals surface area contributed by atoms with Crippen molar-refractivity contribution in [3.8, 4) is 0 Å². The standard InChI is InChI=1S/C26H17NO6/c28-23-21-19-15-5-1-2-6-16(15)20(18-8-4-3-7-17(18)19)22(21)24(29)27(23)14-10-12(25(30)31)9-13(11-14)26(32)33/h1-11,19-22H,(H,30,31)(H,32,33). The van der Waals surface area contributed by atoms with Crippen molar-refractivity contribution in [3.63, 3.8) is 0 Å². The van der Waals surface area contributed by atoms with Crippen molar-refractivity contribution in [2.45, 2.75) is 11.8 Å². The third kappa shape index (κ3) is 2.50. The topological polar surface area (TPSA) is 112 Å². The van der Waals surface area contributed by atoms with Gasteiger partial charge in [-0.2, -0.15) is 0 Å². The van der Waals surface area contributed by atoms with E-state index in [4.69, 9.17) is 0 Å². The summed E-state index contributed by atoms with van der Waals surface area (Å²) in [5.41, 5.74) is 3.48. The van der Waals surface area contributed by atoms with Crippen LogP contribution in [0.4, 0.5) is 5.69 Å². The SMILES string of the molecule is O=C(O)c1cc(C(=O)O)cc(N2C(=O)C3C4c5ccccc5C(c5ccccc54)C3C2=O)c1. The van der Waals surface area contributed by atoms with Gasteiger partial charge >= 0.3 is 11.9 Å². The first kappa shape index (κ1) is 19.4. The predicted octanol–water partition coefficient (Wildman–Crippen LogP) is 3.48. The van der Waals surface area contributed by atoms with E-state index in [2.05, 4.69) is 0 Å². The van der Waals surface area contributed by atoms with E-state index in [1.807, 2.05) is 48.5 Å². The molecule has 1 saturated heterocycles. The van der Waals surface area contributed by atoms with E-state index >= 15 is 0 Å². The van der Waals surface area contributed by atoms with Crippen LogP contribution in [-0.4, -0.2) is 34.0 Å². The molecule has 4 aliphatic rings. The Labute approximate surface area is 187 Å². The molecule has 1 heterocycles. The number of amides is 2. The molecule has 33 heavy (non-hydrogen) atoms. The van der Waals surface area contributed by atoms with E-state index in [0.717, 1.165) is 33.2 Å². The summed E-state index contributed by atoms with van der Waals surface area (Å²) in [6, 6.07) is 19.0. The van der Waals surface area contributed by atoms with Crippen molar-refractivity contribution in [2.24, 2.45) is 11.8 Å². The van der Waals surface area contributed by atoms with Crippen molar-refractivity contribution < 1.29 is 29.4 Å². The Balaban J connectivity index is 1.54. The Bertz CT molecular complexity index is 1260. The van der Waals surface area contributed by atoms with Crippen molar-refractivity contribution in [3.05, 3.63) is 100 Å². The highest BCUT2D eigenvalue weighted by Gasteiger charge is 2.61. The number of carbonyl (C=O) groups is 4. The molecule has 1 fully saturated rings. The van der Waals surface area contributed by atoms with Gasteiger partial charge in [0.2, 0.25) is 11.8 Å². The average molecular weight is 439 g/mol. The van der Waals surface area contributed by atoms with E-state index in [9.17, 15) is 29.4 Å². The Morgan fingerprint density at radius 2 is 1.00 bits per heavy atom. The molecule has 2 N–H and O–H groups in total. The zero-order valence-corrected chi connectivity index (χ0v) is 17.1. The van der Waals surface area contributed by atoms with Crippen LogP contribution in [0.2, 0.25) is 0 Å². The van der Waals surface area contributed by atoms with Gasteiger partial charge in [0.15, 0.2) is 0 Å². The van der Waals surface area contributed by atoms with Gasteiger partial charge in [-0.1, -0.05) is 48.5 Å². The number of imide groups is 1. The van der Waals surface area contributed by atoms with E-state index in [-0.39, 0.29) is 28.7 Å². The molecule has 7 rings (SSSR count). The number of carboxylic acids is 2. The van der Waals surface area contributed by atoms with Gasteiger partial charge in [0, 0.05) is 11.8 Å². The second kappa shape index (κ2) is 6.62. The van der Waals surface area contributed by atoms with Gasteiger partial charge in [-0.05, 0) is 40.5 Å². The van der Waals surface area contributed by atoms with E-state index in [0.29, 0.717) is 0 Å². The molecular weight excluding hydrogens is 422 g/mol. The zero-order valence-electron chi connectivity index (χ0n) is 17.1. The molecule has 3 aromatic rings. The zero-order chi connectivity index (χ0) is 23.0. The minimum absolute atomic E-state index is 0.0239. The fraction of sp³-hybridized carbons (Fsp3) is 0.154. The maximum atomic E-state index is 13.7. The molecule has 7 heteroatoms. The molecule has 0 radical (unpaired) electrons. The van der Waals surface area contributed by atoms with Gasteiger partial charge in [-0.15, -0.1) is 0 Å². The Hall–Kier alpha value is -4.26. The maximum absolute atomic E-state index is 13.7. The highest BCUT2D eigenvalue weighted by molar-refractivity contribution is 6.24. The van der Waals surface area contributed by atoms with Gasteiger partial charge < -0.3 is 10.2 Å². The highest BCUT2D eigenvalue weighted by atomic mass is 16.4. The van der Waals surface area contributed by atoms with Crippen molar-refractivity contribution >= 4 is 29.4 Å². The third-order valence-electron chi connectivity index (χ3n) is 7.12. The number of aromatic carboxylic acids is 2. The number of benzene rings is 3. The summed E-state index contributed by atoms with van der Waals surface area (Å²) in [7, 11) is 0. The van der Waals surface area contributed by atoms with Gasteiger partial charge in [0.25, 0.3) is 0 Å². The van der Waals surface area contributed by atoms with Crippen LogP contribution in [0.5, 0.6) is 0 Å². The predicted molar refractivity (Wildman–Crippen MR) is 116 cm³/mol. The van der Waals surface area contributed by atoms with Gasteiger partial charge in [-0.25, -0.2) is 14.5 Å². The number of carbonyl (C=O) groups excluding carboxylic acids is 2. The molecule has 0 aromatic heterocycles. The lowest BCUT2D eigenvalue weighted by Crippen LogP contribution is -2.41. The number of anilines is 1. The summed E-state index contributed by atoms with van der Waals surface area (Å²) >= 11 is 0.